The van der Waals surface area contributed by atoms with Crippen LogP contribution in [0.4, 0.5) is 0 Å². The molecule has 13 heavy (non-hydrogen) atoms. The Bertz CT molecular complexity index is 276. The van der Waals surface area contributed by atoms with E-state index < -0.39 is 0 Å². The first-order valence-corrected chi connectivity index (χ1v) is 4.09. The van der Waals surface area contributed by atoms with Crippen molar-refractivity contribution in [3.8, 4) is 0 Å². The van der Waals surface area contributed by atoms with Crippen molar-refractivity contribution in [1.29, 1.82) is 0 Å². The van der Waals surface area contributed by atoms with E-state index in [1.54, 1.807) is 24.4 Å². The summed E-state index contributed by atoms with van der Waals surface area (Å²) >= 11 is 5.77. The van der Waals surface area contributed by atoms with Gasteiger partial charge in [-0.15, -0.1) is 19.0 Å². The summed E-state index contributed by atoms with van der Waals surface area (Å²) in [5, 5.41) is 0.666. The number of nitrogens with zero attached hydrogens (tertiary/aromatic N) is 1. The Hall–Kier alpha value is -0.570. The standard InChI is InChI=1S/C9H11ClN2.ClH/c1-2-3-8(11)9-6-7(10)4-5-12-9;/h2,4-6,8H,1,3,11H2;1H. The van der Waals surface area contributed by atoms with E-state index >= 15 is 0 Å². The summed E-state index contributed by atoms with van der Waals surface area (Å²) in [5.74, 6) is 0. The Kier molecular flexibility index (Phi) is 5.71. The van der Waals surface area contributed by atoms with E-state index in [2.05, 4.69) is 11.6 Å². The van der Waals surface area contributed by atoms with Crippen molar-refractivity contribution in [3.05, 3.63) is 41.7 Å². The predicted octanol–water partition coefficient (Wildman–Crippen LogP) is 2.73. The first-order chi connectivity index (χ1) is 5.74. The Morgan fingerprint density at radius 3 is 2.92 bits per heavy atom. The molecule has 72 valence electrons. The molecule has 2 nitrogen and oxygen atoms in total. The quantitative estimate of drug-likeness (QED) is 0.793. The zero-order valence-electron chi connectivity index (χ0n) is 7.11. The molecule has 0 fully saturated rings. The molecule has 0 spiro atoms. The minimum absolute atomic E-state index is 0. The summed E-state index contributed by atoms with van der Waals surface area (Å²) < 4.78 is 0. The molecule has 1 atom stereocenters. The third-order valence-corrected chi connectivity index (χ3v) is 1.78. The summed E-state index contributed by atoms with van der Waals surface area (Å²) in [6.45, 7) is 3.61. The molecule has 4 heteroatoms. The van der Waals surface area contributed by atoms with Gasteiger partial charge in [-0.1, -0.05) is 17.7 Å². The van der Waals surface area contributed by atoms with Crippen LogP contribution in [0.1, 0.15) is 18.2 Å². The van der Waals surface area contributed by atoms with Gasteiger partial charge in [0.05, 0.1) is 11.7 Å². The van der Waals surface area contributed by atoms with Crippen LogP contribution in [0.2, 0.25) is 5.02 Å². The van der Waals surface area contributed by atoms with E-state index in [-0.39, 0.29) is 18.4 Å². The Labute approximate surface area is 89.2 Å². The molecule has 0 aliphatic carbocycles. The van der Waals surface area contributed by atoms with Gasteiger partial charge in [-0.3, -0.25) is 4.98 Å². The number of pyridine rings is 1. The normalized spacial score (nSPS) is 11.5. The lowest BCUT2D eigenvalue weighted by molar-refractivity contribution is 0.714. The maximum absolute atomic E-state index is 5.78. The third kappa shape index (κ3) is 3.77. The SMILES string of the molecule is C=CCC(N)c1cc(Cl)ccn1.Cl. The highest BCUT2D eigenvalue weighted by Crippen LogP contribution is 2.15. The van der Waals surface area contributed by atoms with Crippen molar-refractivity contribution in [2.24, 2.45) is 5.73 Å². The zero-order valence-corrected chi connectivity index (χ0v) is 8.68. The monoisotopic (exact) mass is 218 g/mol. The average Bonchev–Trinajstić information content (AvgIpc) is 2.05. The Balaban J connectivity index is 0.00000144. The van der Waals surface area contributed by atoms with Crippen LogP contribution in [-0.4, -0.2) is 4.98 Å². The molecule has 1 aromatic heterocycles. The van der Waals surface area contributed by atoms with E-state index in [9.17, 15) is 0 Å². The van der Waals surface area contributed by atoms with E-state index in [1.165, 1.54) is 0 Å². The molecule has 1 rings (SSSR count). The molecule has 2 N–H and O–H groups in total. The first kappa shape index (κ1) is 12.4. The summed E-state index contributed by atoms with van der Waals surface area (Å²) in [6.07, 6.45) is 4.14. The van der Waals surface area contributed by atoms with Gasteiger partial charge in [-0.25, -0.2) is 0 Å². The second kappa shape index (κ2) is 5.97. The molecule has 1 unspecified atom stereocenters. The number of rotatable bonds is 3. The first-order valence-electron chi connectivity index (χ1n) is 3.72. The lowest BCUT2D eigenvalue weighted by atomic mass is 10.1. The maximum atomic E-state index is 5.78. The predicted molar refractivity (Wildman–Crippen MR) is 58.2 cm³/mol. The average molecular weight is 219 g/mol. The van der Waals surface area contributed by atoms with Gasteiger partial charge < -0.3 is 5.73 Å². The molecule has 1 aromatic rings. The summed E-state index contributed by atoms with van der Waals surface area (Å²) in [7, 11) is 0. The van der Waals surface area contributed by atoms with Gasteiger partial charge in [0.2, 0.25) is 0 Å². The molecule has 0 radical (unpaired) electrons. The lowest BCUT2D eigenvalue weighted by Gasteiger charge is -2.07. The highest BCUT2D eigenvalue weighted by Gasteiger charge is 2.04. The Morgan fingerprint density at radius 2 is 2.38 bits per heavy atom. The number of nitrogens with two attached hydrogens (primary N) is 1. The van der Waals surface area contributed by atoms with Crippen LogP contribution in [0.5, 0.6) is 0 Å². The van der Waals surface area contributed by atoms with Crippen LogP contribution in [0.3, 0.4) is 0 Å². The van der Waals surface area contributed by atoms with Crippen molar-refractivity contribution >= 4 is 24.0 Å². The van der Waals surface area contributed by atoms with E-state index in [0.29, 0.717) is 11.4 Å². The number of hydrogen-bond acceptors (Lipinski definition) is 2. The summed E-state index contributed by atoms with van der Waals surface area (Å²) in [5.41, 5.74) is 6.59. The molecule has 0 aliphatic heterocycles. The summed E-state index contributed by atoms with van der Waals surface area (Å²) in [6, 6.07) is 3.41. The van der Waals surface area contributed by atoms with Gasteiger partial charge in [0.15, 0.2) is 0 Å². The van der Waals surface area contributed by atoms with Gasteiger partial charge >= 0.3 is 0 Å². The molecule has 0 aromatic carbocycles. The maximum Gasteiger partial charge on any atom is 0.0588 e. The fourth-order valence-electron chi connectivity index (χ4n) is 0.924. The fraction of sp³-hybridized carbons (Fsp3) is 0.222. The van der Waals surface area contributed by atoms with Gasteiger partial charge in [-0.2, -0.15) is 0 Å². The van der Waals surface area contributed by atoms with Gasteiger partial charge in [0.1, 0.15) is 0 Å². The van der Waals surface area contributed by atoms with Crippen LogP contribution in [0.15, 0.2) is 31.0 Å². The number of aromatic nitrogens is 1. The van der Waals surface area contributed by atoms with Crippen LogP contribution in [0, 0.1) is 0 Å². The van der Waals surface area contributed by atoms with E-state index in [4.69, 9.17) is 17.3 Å². The topological polar surface area (TPSA) is 38.9 Å². The Morgan fingerprint density at radius 1 is 1.69 bits per heavy atom. The molecule has 0 saturated heterocycles. The highest BCUT2D eigenvalue weighted by molar-refractivity contribution is 6.30. The fourth-order valence-corrected chi connectivity index (χ4v) is 1.09. The van der Waals surface area contributed by atoms with Gasteiger partial charge in [-0.05, 0) is 18.6 Å². The second-order valence-electron chi connectivity index (χ2n) is 2.53. The minimum atomic E-state index is -0.0961. The molecule has 0 saturated carbocycles. The highest BCUT2D eigenvalue weighted by atomic mass is 35.5. The van der Waals surface area contributed by atoms with Crippen LogP contribution < -0.4 is 5.73 Å². The van der Waals surface area contributed by atoms with Gasteiger partial charge in [0.25, 0.3) is 0 Å². The molecule has 0 bridgehead atoms. The zero-order chi connectivity index (χ0) is 8.97. The van der Waals surface area contributed by atoms with Crippen LogP contribution in [0.25, 0.3) is 0 Å². The minimum Gasteiger partial charge on any atom is -0.322 e. The van der Waals surface area contributed by atoms with E-state index in [1.807, 2.05) is 0 Å². The molecule has 1 heterocycles. The van der Waals surface area contributed by atoms with Crippen molar-refractivity contribution < 1.29 is 0 Å². The molecule has 0 aliphatic rings. The van der Waals surface area contributed by atoms with Crippen molar-refractivity contribution in [2.45, 2.75) is 12.5 Å². The number of hydrogen-bond donors (Lipinski definition) is 1. The largest absolute Gasteiger partial charge is 0.322 e. The van der Waals surface area contributed by atoms with Crippen molar-refractivity contribution in [3.63, 3.8) is 0 Å². The van der Waals surface area contributed by atoms with Gasteiger partial charge in [0, 0.05) is 11.2 Å². The third-order valence-electron chi connectivity index (χ3n) is 1.54. The number of halogens is 2. The second-order valence-corrected chi connectivity index (χ2v) is 2.97. The smallest absolute Gasteiger partial charge is 0.0588 e. The molecular formula is C9H12Cl2N2. The van der Waals surface area contributed by atoms with Crippen molar-refractivity contribution in [2.75, 3.05) is 0 Å². The van der Waals surface area contributed by atoms with Crippen LogP contribution >= 0.6 is 24.0 Å². The van der Waals surface area contributed by atoms with Crippen LogP contribution in [-0.2, 0) is 0 Å². The lowest BCUT2D eigenvalue weighted by Crippen LogP contribution is -2.10. The molecular weight excluding hydrogens is 207 g/mol. The summed E-state index contributed by atoms with van der Waals surface area (Å²) in [4.78, 5) is 4.10. The van der Waals surface area contributed by atoms with Crippen molar-refractivity contribution in [1.82, 2.24) is 4.98 Å². The molecule has 0 amide bonds. The van der Waals surface area contributed by atoms with E-state index in [0.717, 1.165) is 5.69 Å².